The number of nitrogens with one attached hydrogen (secondary N) is 2. The molecule has 4 N–H and O–H groups in total. The fourth-order valence-corrected chi connectivity index (χ4v) is 4.40. The highest BCUT2D eigenvalue weighted by atomic mass is 35.5. The SMILES string of the molecule is Cc1ccccc1Nc1nc(N)nc(COC(=O)c2sc(NC(=O)c3ccc(F)cc3Cl)cc2C)n1. The van der Waals surface area contributed by atoms with Crippen LogP contribution in [0, 0.1) is 19.7 Å². The summed E-state index contributed by atoms with van der Waals surface area (Å²) in [5.41, 5.74) is 8.30. The molecule has 2 heterocycles. The van der Waals surface area contributed by atoms with Gasteiger partial charge < -0.3 is 21.1 Å². The number of amides is 1. The molecule has 0 spiro atoms. The number of aromatic nitrogens is 3. The van der Waals surface area contributed by atoms with Gasteiger partial charge in [-0.15, -0.1) is 11.3 Å². The van der Waals surface area contributed by atoms with E-state index in [1.54, 1.807) is 13.0 Å². The number of hydrogen-bond donors (Lipinski definition) is 3. The number of halogens is 2. The van der Waals surface area contributed by atoms with Gasteiger partial charge in [-0.2, -0.15) is 15.0 Å². The monoisotopic (exact) mass is 526 g/mol. The van der Waals surface area contributed by atoms with E-state index >= 15 is 0 Å². The van der Waals surface area contributed by atoms with Crippen molar-refractivity contribution in [1.82, 2.24) is 15.0 Å². The number of para-hydroxylation sites is 1. The molecule has 0 aliphatic rings. The molecule has 0 unspecified atom stereocenters. The van der Waals surface area contributed by atoms with Gasteiger partial charge in [-0.1, -0.05) is 29.8 Å². The number of rotatable bonds is 7. The van der Waals surface area contributed by atoms with Crippen molar-refractivity contribution in [1.29, 1.82) is 0 Å². The third-order valence-electron chi connectivity index (χ3n) is 4.94. The maximum Gasteiger partial charge on any atom is 0.349 e. The summed E-state index contributed by atoms with van der Waals surface area (Å²) in [6, 6.07) is 12.7. The summed E-state index contributed by atoms with van der Waals surface area (Å²) in [5, 5.41) is 6.11. The molecule has 1 amide bonds. The highest BCUT2D eigenvalue weighted by Crippen LogP contribution is 2.29. The topological polar surface area (TPSA) is 132 Å². The maximum atomic E-state index is 13.2. The van der Waals surface area contributed by atoms with Crippen molar-refractivity contribution >= 4 is 57.4 Å². The molecule has 0 aliphatic carbocycles. The van der Waals surface area contributed by atoms with Crippen LogP contribution >= 0.6 is 22.9 Å². The molecule has 4 rings (SSSR count). The minimum atomic E-state index is -0.620. The van der Waals surface area contributed by atoms with Gasteiger partial charge in [-0.05, 0) is 55.3 Å². The Morgan fingerprint density at radius 3 is 2.61 bits per heavy atom. The average Bonchev–Trinajstić information content (AvgIpc) is 3.18. The quantitative estimate of drug-likeness (QED) is 0.277. The summed E-state index contributed by atoms with van der Waals surface area (Å²) in [6.45, 7) is 3.40. The van der Waals surface area contributed by atoms with Gasteiger partial charge in [0.15, 0.2) is 12.4 Å². The van der Waals surface area contributed by atoms with Crippen LogP contribution in [0.25, 0.3) is 0 Å². The van der Waals surface area contributed by atoms with Gasteiger partial charge in [0.1, 0.15) is 10.7 Å². The molecule has 2 aromatic heterocycles. The lowest BCUT2D eigenvalue weighted by atomic mass is 10.2. The number of benzene rings is 2. The van der Waals surface area contributed by atoms with Crippen molar-refractivity contribution < 1.29 is 18.7 Å². The van der Waals surface area contributed by atoms with Crippen molar-refractivity contribution in [2.45, 2.75) is 20.5 Å². The molecular weight excluding hydrogens is 507 g/mol. The number of nitrogens with zero attached hydrogens (tertiary/aromatic N) is 3. The van der Waals surface area contributed by atoms with E-state index in [2.05, 4.69) is 25.6 Å². The van der Waals surface area contributed by atoms with Crippen molar-refractivity contribution in [2.75, 3.05) is 16.4 Å². The summed E-state index contributed by atoms with van der Waals surface area (Å²) in [4.78, 5) is 37.8. The molecule has 12 heteroatoms. The predicted molar refractivity (Wildman–Crippen MR) is 136 cm³/mol. The molecule has 0 saturated heterocycles. The summed E-state index contributed by atoms with van der Waals surface area (Å²) in [7, 11) is 0. The molecule has 0 aliphatic heterocycles. The minimum Gasteiger partial charge on any atom is -0.453 e. The smallest absolute Gasteiger partial charge is 0.349 e. The third-order valence-corrected chi connectivity index (χ3v) is 6.38. The van der Waals surface area contributed by atoms with Gasteiger partial charge in [0.05, 0.1) is 15.6 Å². The Labute approximate surface area is 214 Å². The largest absolute Gasteiger partial charge is 0.453 e. The van der Waals surface area contributed by atoms with Crippen molar-refractivity contribution in [3.8, 4) is 0 Å². The molecule has 184 valence electrons. The van der Waals surface area contributed by atoms with Gasteiger partial charge in [-0.25, -0.2) is 9.18 Å². The number of carbonyl (C=O) groups is 2. The highest BCUT2D eigenvalue weighted by Gasteiger charge is 2.19. The first-order valence-electron chi connectivity index (χ1n) is 10.6. The number of thiophene rings is 1. The number of hydrogen-bond acceptors (Lipinski definition) is 9. The lowest BCUT2D eigenvalue weighted by Gasteiger charge is -2.09. The molecule has 0 saturated carbocycles. The van der Waals surface area contributed by atoms with Crippen molar-refractivity contribution in [3.63, 3.8) is 0 Å². The summed E-state index contributed by atoms with van der Waals surface area (Å²) in [5.74, 6) is -1.34. The molecule has 0 radical (unpaired) electrons. The Bertz CT molecular complexity index is 1460. The first-order valence-corrected chi connectivity index (χ1v) is 11.8. The van der Waals surface area contributed by atoms with E-state index in [0.29, 0.717) is 10.6 Å². The van der Waals surface area contributed by atoms with Crippen LogP contribution in [0.5, 0.6) is 0 Å². The van der Waals surface area contributed by atoms with Gasteiger partial charge in [-0.3, -0.25) is 4.79 Å². The zero-order chi connectivity index (χ0) is 25.8. The number of carbonyl (C=O) groups excluding carboxylic acids is 2. The highest BCUT2D eigenvalue weighted by molar-refractivity contribution is 7.18. The fourth-order valence-electron chi connectivity index (χ4n) is 3.19. The van der Waals surface area contributed by atoms with Gasteiger partial charge >= 0.3 is 5.97 Å². The molecule has 4 aromatic rings. The van der Waals surface area contributed by atoms with Crippen LogP contribution in [0.15, 0.2) is 48.5 Å². The molecule has 0 fully saturated rings. The van der Waals surface area contributed by atoms with Crippen LogP contribution in [0.1, 0.15) is 37.0 Å². The molecule has 0 atom stereocenters. The van der Waals surface area contributed by atoms with E-state index in [9.17, 15) is 14.0 Å². The Morgan fingerprint density at radius 2 is 1.86 bits per heavy atom. The van der Waals surface area contributed by atoms with Crippen molar-refractivity contribution in [2.24, 2.45) is 0 Å². The van der Waals surface area contributed by atoms with Crippen LogP contribution in [0.2, 0.25) is 5.02 Å². The van der Waals surface area contributed by atoms with Crippen LogP contribution in [-0.4, -0.2) is 26.8 Å². The van der Waals surface area contributed by atoms with E-state index in [1.807, 2.05) is 31.2 Å². The van der Waals surface area contributed by atoms with Gasteiger partial charge in [0.25, 0.3) is 5.91 Å². The minimum absolute atomic E-state index is 0.0201. The second-order valence-electron chi connectivity index (χ2n) is 7.65. The van der Waals surface area contributed by atoms with E-state index in [4.69, 9.17) is 22.1 Å². The zero-order valence-electron chi connectivity index (χ0n) is 19.1. The first-order chi connectivity index (χ1) is 17.2. The van der Waals surface area contributed by atoms with E-state index in [1.165, 1.54) is 6.07 Å². The number of anilines is 4. The van der Waals surface area contributed by atoms with Crippen LogP contribution in [0.3, 0.4) is 0 Å². The fraction of sp³-hybridized carbons (Fsp3) is 0.125. The van der Waals surface area contributed by atoms with E-state index < -0.39 is 17.7 Å². The lowest BCUT2D eigenvalue weighted by Crippen LogP contribution is -2.11. The number of nitrogen functional groups attached to an aromatic ring is 1. The second-order valence-corrected chi connectivity index (χ2v) is 9.11. The second kappa shape index (κ2) is 10.7. The molecule has 2 aromatic carbocycles. The molecular formula is C24H20ClFN6O3S. The number of nitrogens with two attached hydrogens (primary N) is 1. The summed E-state index contributed by atoms with van der Waals surface area (Å²) >= 11 is 6.98. The van der Waals surface area contributed by atoms with Crippen LogP contribution < -0.4 is 16.4 Å². The first kappa shape index (κ1) is 25.0. The maximum absolute atomic E-state index is 13.2. The normalized spacial score (nSPS) is 10.7. The molecule has 0 bridgehead atoms. The predicted octanol–water partition coefficient (Wildman–Crippen LogP) is 5.28. The Hall–Kier alpha value is -4.09. The number of esters is 1. The van der Waals surface area contributed by atoms with E-state index in [-0.39, 0.29) is 39.8 Å². The zero-order valence-corrected chi connectivity index (χ0v) is 20.7. The number of aryl methyl sites for hydroxylation is 2. The van der Waals surface area contributed by atoms with E-state index in [0.717, 1.165) is 34.7 Å². The van der Waals surface area contributed by atoms with Crippen molar-refractivity contribution in [3.05, 3.63) is 86.8 Å². The standard InChI is InChI=1S/C24H20ClFN6O3S/c1-12-5-3-4-6-17(12)28-24-30-18(29-23(27)32-24)11-35-22(34)20-13(2)9-19(36-20)31-21(33)15-8-7-14(26)10-16(15)25/h3-10H,11H2,1-2H3,(H,31,33)(H3,27,28,29,30,32). The Kier molecular flexibility index (Phi) is 7.41. The third kappa shape index (κ3) is 5.93. The van der Waals surface area contributed by atoms with Gasteiger partial charge in [0, 0.05) is 5.69 Å². The number of ether oxygens (including phenoxy) is 1. The Balaban J connectivity index is 1.42. The molecule has 36 heavy (non-hydrogen) atoms. The molecule has 9 nitrogen and oxygen atoms in total. The van der Waals surface area contributed by atoms with Crippen LogP contribution in [0.4, 0.5) is 27.0 Å². The Morgan fingerprint density at radius 1 is 1.08 bits per heavy atom. The average molecular weight is 527 g/mol. The summed E-state index contributed by atoms with van der Waals surface area (Å²) < 4.78 is 18.6. The lowest BCUT2D eigenvalue weighted by molar-refractivity contribution is 0.0467. The van der Waals surface area contributed by atoms with Gasteiger partial charge in [0.2, 0.25) is 11.9 Å². The summed E-state index contributed by atoms with van der Waals surface area (Å²) in [6.07, 6.45) is 0. The van der Waals surface area contributed by atoms with Crippen LogP contribution in [-0.2, 0) is 11.3 Å².